The molecular weight excluding hydrogens is 344 g/mol. The molecule has 2 aromatic carbocycles. The maximum Gasteiger partial charge on any atom is 0.344 e. The molecule has 0 aliphatic rings. The van der Waals surface area contributed by atoms with Crippen LogP contribution in [0.25, 0.3) is 0 Å². The van der Waals surface area contributed by atoms with Crippen LogP contribution in [0.1, 0.15) is 35.2 Å². The molecule has 6 heteroatoms. The molecule has 0 radical (unpaired) electrons. The molecule has 0 spiro atoms. The van der Waals surface area contributed by atoms with Crippen molar-refractivity contribution in [2.45, 2.75) is 26.8 Å². The van der Waals surface area contributed by atoms with Crippen LogP contribution < -0.4 is 10.1 Å². The monoisotopic (exact) mass is 366 g/mol. The first-order valence-electron chi connectivity index (χ1n) is 8.54. The SMILES string of the molecule is Cc1ccc([C@@H](C)NC(=O)COC(=O)COc2ccccc2C#N)cc1C. The molecule has 0 saturated heterocycles. The first-order valence-corrected chi connectivity index (χ1v) is 8.54. The smallest absolute Gasteiger partial charge is 0.344 e. The van der Waals surface area contributed by atoms with Crippen LogP contribution in [0, 0.1) is 25.2 Å². The fraction of sp³-hybridized carbons (Fsp3) is 0.286. The van der Waals surface area contributed by atoms with Crippen molar-refractivity contribution in [1.82, 2.24) is 5.32 Å². The number of para-hydroxylation sites is 1. The van der Waals surface area contributed by atoms with Gasteiger partial charge < -0.3 is 14.8 Å². The Kier molecular flexibility index (Phi) is 6.95. The van der Waals surface area contributed by atoms with Crippen molar-refractivity contribution < 1.29 is 19.1 Å². The zero-order valence-electron chi connectivity index (χ0n) is 15.6. The van der Waals surface area contributed by atoms with Crippen molar-refractivity contribution in [2.75, 3.05) is 13.2 Å². The summed E-state index contributed by atoms with van der Waals surface area (Å²) in [6, 6.07) is 14.3. The lowest BCUT2D eigenvalue weighted by Gasteiger charge is -2.16. The molecule has 1 N–H and O–H groups in total. The zero-order chi connectivity index (χ0) is 19.8. The third-order valence-electron chi connectivity index (χ3n) is 4.13. The number of hydrogen-bond donors (Lipinski definition) is 1. The van der Waals surface area contributed by atoms with Gasteiger partial charge in [0.05, 0.1) is 11.6 Å². The van der Waals surface area contributed by atoms with Crippen molar-refractivity contribution in [3.05, 3.63) is 64.7 Å². The molecule has 6 nitrogen and oxygen atoms in total. The molecule has 0 bridgehead atoms. The van der Waals surface area contributed by atoms with E-state index in [2.05, 4.69) is 5.32 Å². The number of esters is 1. The van der Waals surface area contributed by atoms with Gasteiger partial charge in [-0.1, -0.05) is 30.3 Å². The van der Waals surface area contributed by atoms with Crippen molar-refractivity contribution >= 4 is 11.9 Å². The van der Waals surface area contributed by atoms with Crippen LogP contribution >= 0.6 is 0 Å². The second kappa shape index (κ2) is 9.39. The van der Waals surface area contributed by atoms with Gasteiger partial charge in [-0.3, -0.25) is 4.79 Å². The number of nitriles is 1. The van der Waals surface area contributed by atoms with Gasteiger partial charge in [-0.15, -0.1) is 0 Å². The Bertz CT molecular complexity index is 871. The lowest BCUT2D eigenvalue weighted by atomic mass is 10.0. The minimum absolute atomic E-state index is 0.200. The van der Waals surface area contributed by atoms with Gasteiger partial charge >= 0.3 is 5.97 Å². The number of benzene rings is 2. The Morgan fingerprint density at radius 2 is 1.85 bits per heavy atom. The van der Waals surface area contributed by atoms with E-state index in [4.69, 9.17) is 14.7 Å². The topological polar surface area (TPSA) is 88.4 Å². The first kappa shape index (κ1) is 20.0. The number of ether oxygens (including phenoxy) is 2. The van der Waals surface area contributed by atoms with Gasteiger partial charge in [-0.25, -0.2) is 4.79 Å². The number of carbonyl (C=O) groups excluding carboxylic acids is 2. The minimum Gasteiger partial charge on any atom is -0.481 e. The average Bonchev–Trinajstić information content (AvgIpc) is 2.66. The summed E-state index contributed by atoms with van der Waals surface area (Å²) in [5.74, 6) is -0.784. The second-order valence-electron chi connectivity index (χ2n) is 6.19. The maximum absolute atomic E-state index is 12.0. The van der Waals surface area contributed by atoms with Crippen LogP contribution in [-0.4, -0.2) is 25.1 Å². The highest BCUT2D eigenvalue weighted by molar-refractivity contribution is 5.81. The molecule has 1 amide bonds. The van der Waals surface area contributed by atoms with E-state index in [0.29, 0.717) is 11.3 Å². The Balaban J connectivity index is 1.78. The van der Waals surface area contributed by atoms with E-state index < -0.39 is 18.5 Å². The van der Waals surface area contributed by atoms with Gasteiger partial charge in [-0.2, -0.15) is 5.26 Å². The van der Waals surface area contributed by atoms with Crippen LogP contribution in [-0.2, 0) is 14.3 Å². The summed E-state index contributed by atoms with van der Waals surface area (Å²) in [7, 11) is 0. The first-order chi connectivity index (χ1) is 12.9. The molecule has 2 aromatic rings. The molecular formula is C21H22N2O4. The van der Waals surface area contributed by atoms with Gasteiger partial charge in [-0.05, 0) is 49.6 Å². The van der Waals surface area contributed by atoms with Crippen molar-refractivity contribution in [3.8, 4) is 11.8 Å². The predicted octanol–water partition coefficient (Wildman–Crippen LogP) is 2.97. The van der Waals surface area contributed by atoms with Gasteiger partial charge in [0.1, 0.15) is 11.8 Å². The molecule has 140 valence electrons. The summed E-state index contributed by atoms with van der Waals surface area (Å²) >= 11 is 0. The van der Waals surface area contributed by atoms with E-state index in [9.17, 15) is 9.59 Å². The number of nitrogens with zero attached hydrogens (tertiary/aromatic N) is 1. The summed E-state index contributed by atoms with van der Waals surface area (Å²) in [6.45, 7) is 5.14. The van der Waals surface area contributed by atoms with Crippen LogP contribution in [0.2, 0.25) is 0 Å². The maximum atomic E-state index is 12.0. The fourth-order valence-electron chi connectivity index (χ4n) is 2.41. The van der Waals surface area contributed by atoms with Gasteiger partial charge in [0.15, 0.2) is 13.2 Å². The highest BCUT2D eigenvalue weighted by Crippen LogP contribution is 2.17. The predicted molar refractivity (Wildman–Crippen MR) is 100 cm³/mol. The van der Waals surface area contributed by atoms with Crippen molar-refractivity contribution in [3.63, 3.8) is 0 Å². The van der Waals surface area contributed by atoms with Gasteiger partial charge in [0.2, 0.25) is 0 Å². The second-order valence-corrected chi connectivity index (χ2v) is 6.19. The van der Waals surface area contributed by atoms with E-state index in [1.54, 1.807) is 24.3 Å². The summed E-state index contributed by atoms with van der Waals surface area (Å²) in [5, 5.41) is 11.8. The summed E-state index contributed by atoms with van der Waals surface area (Å²) in [6.07, 6.45) is 0. The number of rotatable bonds is 7. The highest BCUT2D eigenvalue weighted by atomic mass is 16.6. The largest absolute Gasteiger partial charge is 0.481 e. The molecule has 0 aliphatic heterocycles. The van der Waals surface area contributed by atoms with Crippen molar-refractivity contribution in [1.29, 1.82) is 5.26 Å². The van der Waals surface area contributed by atoms with E-state index in [-0.39, 0.29) is 12.6 Å². The summed E-state index contributed by atoms with van der Waals surface area (Å²) in [5.41, 5.74) is 3.64. The lowest BCUT2D eigenvalue weighted by molar-refractivity contribution is -0.150. The summed E-state index contributed by atoms with van der Waals surface area (Å²) < 4.78 is 10.2. The number of hydrogen-bond acceptors (Lipinski definition) is 5. The quantitative estimate of drug-likeness (QED) is 0.761. The Morgan fingerprint density at radius 1 is 1.11 bits per heavy atom. The van der Waals surface area contributed by atoms with E-state index in [0.717, 1.165) is 11.1 Å². The molecule has 0 aliphatic carbocycles. The third kappa shape index (κ3) is 5.86. The standard InChI is InChI=1S/C21H22N2O4/c1-14-8-9-17(10-15(14)2)16(3)23-20(24)12-27-21(25)13-26-19-7-5-4-6-18(19)11-22/h4-10,16H,12-13H2,1-3H3,(H,23,24)/t16-/m1/s1. The number of carbonyl (C=O) groups is 2. The van der Waals surface area contributed by atoms with Crippen molar-refractivity contribution in [2.24, 2.45) is 0 Å². The third-order valence-corrected chi connectivity index (χ3v) is 4.13. The molecule has 0 unspecified atom stereocenters. The van der Waals surface area contributed by atoms with Gasteiger partial charge in [0, 0.05) is 0 Å². The van der Waals surface area contributed by atoms with Crippen LogP contribution in [0.4, 0.5) is 0 Å². The van der Waals surface area contributed by atoms with E-state index in [1.807, 2.05) is 45.0 Å². The Labute approximate surface area is 158 Å². The molecule has 1 atom stereocenters. The minimum atomic E-state index is -0.684. The number of aryl methyl sites for hydroxylation is 2. The number of amides is 1. The molecule has 2 rings (SSSR count). The molecule has 0 saturated carbocycles. The van der Waals surface area contributed by atoms with Crippen LogP contribution in [0.5, 0.6) is 5.75 Å². The Hall–Kier alpha value is -3.33. The van der Waals surface area contributed by atoms with Crippen LogP contribution in [0.15, 0.2) is 42.5 Å². The number of nitrogens with one attached hydrogen (secondary N) is 1. The molecule has 27 heavy (non-hydrogen) atoms. The Morgan fingerprint density at radius 3 is 2.56 bits per heavy atom. The molecule has 0 heterocycles. The van der Waals surface area contributed by atoms with E-state index >= 15 is 0 Å². The summed E-state index contributed by atoms with van der Waals surface area (Å²) in [4.78, 5) is 23.7. The van der Waals surface area contributed by atoms with E-state index in [1.165, 1.54) is 5.56 Å². The average molecular weight is 366 g/mol. The highest BCUT2D eigenvalue weighted by Gasteiger charge is 2.13. The lowest BCUT2D eigenvalue weighted by Crippen LogP contribution is -2.32. The molecule has 0 aromatic heterocycles. The van der Waals surface area contributed by atoms with Gasteiger partial charge in [0.25, 0.3) is 5.91 Å². The normalized spacial score (nSPS) is 11.2. The molecule has 0 fully saturated rings. The zero-order valence-corrected chi connectivity index (χ0v) is 15.6. The fourth-order valence-corrected chi connectivity index (χ4v) is 2.41. The van der Waals surface area contributed by atoms with Crippen LogP contribution in [0.3, 0.4) is 0 Å².